The third kappa shape index (κ3) is 1.49. The number of nitrogens with two attached hydrogens (primary N) is 1. The normalized spacial score (nSPS) is 9.55. The Bertz CT molecular complexity index is 227. The van der Waals surface area contributed by atoms with Gasteiger partial charge in [0, 0.05) is 18.9 Å². The molecule has 5 nitrogen and oxygen atoms in total. The van der Waals surface area contributed by atoms with E-state index in [1.165, 1.54) is 0 Å². The molecule has 0 aliphatic rings. The third-order valence-corrected chi connectivity index (χ3v) is 1.35. The predicted octanol–water partition coefficient (Wildman–Crippen LogP) is -0.266. The van der Waals surface area contributed by atoms with Gasteiger partial charge in [0.25, 0.3) is 0 Å². The maximum Gasteiger partial charge on any atom is 0.207 e. The van der Waals surface area contributed by atoms with Crippen LogP contribution in [0.3, 0.4) is 0 Å². The lowest BCUT2D eigenvalue weighted by atomic mass is 10.7. The molecule has 0 spiro atoms. The summed E-state index contributed by atoms with van der Waals surface area (Å²) in [5.74, 6) is 0.0190. The molecular weight excluding hydrogens is 142 g/mol. The monoisotopic (exact) mass is 153 g/mol. The van der Waals surface area contributed by atoms with Crippen molar-refractivity contribution >= 4 is 5.96 Å². The molecule has 0 unspecified atom stereocenters. The van der Waals surface area contributed by atoms with E-state index in [2.05, 4.69) is 4.98 Å². The molecule has 60 valence electrons. The Balaban J connectivity index is 2.79. The molecule has 5 heteroatoms. The van der Waals surface area contributed by atoms with E-state index in [0.717, 1.165) is 0 Å². The summed E-state index contributed by atoms with van der Waals surface area (Å²) in [4.78, 5) is 3.84. The van der Waals surface area contributed by atoms with Crippen LogP contribution >= 0.6 is 0 Å². The second-order valence-electron chi connectivity index (χ2n) is 2.04. The SMILES string of the molecule is CCN(C(=N)N)n1ccnc1. The van der Waals surface area contributed by atoms with Crippen molar-refractivity contribution in [2.75, 3.05) is 11.6 Å². The zero-order chi connectivity index (χ0) is 8.27. The molecule has 11 heavy (non-hydrogen) atoms. The van der Waals surface area contributed by atoms with Gasteiger partial charge in [-0.25, -0.2) is 14.7 Å². The van der Waals surface area contributed by atoms with Gasteiger partial charge in [-0.15, -0.1) is 0 Å². The van der Waals surface area contributed by atoms with Gasteiger partial charge in [-0.3, -0.25) is 5.41 Å². The van der Waals surface area contributed by atoms with Gasteiger partial charge in [-0.2, -0.15) is 0 Å². The summed E-state index contributed by atoms with van der Waals surface area (Å²) < 4.78 is 1.67. The molecule has 0 fully saturated rings. The van der Waals surface area contributed by atoms with Crippen molar-refractivity contribution in [3.8, 4) is 0 Å². The Morgan fingerprint density at radius 2 is 2.55 bits per heavy atom. The number of hydrogen-bond donors (Lipinski definition) is 2. The fourth-order valence-electron chi connectivity index (χ4n) is 0.853. The van der Waals surface area contributed by atoms with Crippen LogP contribution in [0.2, 0.25) is 0 Å². The van der Waals surface area contributed by atoms with Crippen LogP contribution < -0.4 is 10.7 Å². The Morgan fingerprint density at radius 1 is 1.82 bits per heavy atom. The van der Waals surface area contributed by atoms with E-state index in [4.69, 9.17) is 11.1 Å². The Kier molecular flexibility index (Phi) is 2.10. The van der Waals surface area contributed by atoms with Crippen LogP contribution in [-0.4, -0.2) is 22.2 Å². The summed E-state index contributed by atoms with van der Waals surface area (Å²) >= 11 is 0. The average Bonchev–Trinajstić information content (AvgIpc) is 2.40. The molecule has 0 saturated heterocycles. The summed E-state index contributed by atoms with van der Waals surface area (Å²) in [5.41, 5.74) is 5.30. The molecule has 1 aromatic rings. The van der Waals surface area contributed by atoms with Crippen molar-refractivity contribution < 1.29 is 0 Å². The van der Waals surface area contributed by atoms with Crippen molar-refractivity contribution in [1.82, 2.24) is 9.66 Å². The fraction of sp³-hybridized carbons (Fsp3) is 0.333. The van der Waals surface area contributed by atoms with Crippen LogP contribution in [0.1, 0.15) is 6.92 Å². The van der Waals surface area contributed by atoms with Gasteiger partial charge in [0.05, 0.1) is 0 Å². The van der Waals surface area contributed by atoms with Gasteiger partial charge < -0.3 is 5.73 Å². The molecule has 0 aromatic carbocycles. The molecule has 0 aliphatic carbocycles. The lowest BCUT2D eigenvalue weighted by Crippen LogP contribution is -2.43. The highest BCUT2D eigenvalue weighted by Gasteiger charge is 2.03. The molecule has 0 saturated carbocycles. The largest absolute Gasteiger partial charge is 0.369 e. The minimum Gasteiger partial charge on any atom is -0.369 e. The molecule has 3 N–H and O–H groups in total. The topological polar surface area (TPSA) is 70.9 Å². The first kappa shape index (κ1) is 7.59. The van der Waals surface area contributed by atoms with E-state index in [1.54, 1.807) is 28.4 Å². The zero-order valence-electron chi connectivity index (χ0n) is 6.36. The number of hydrogen-bond acceptors (Lipinski definition) is 2. The summed E-state index contributed by atoms with van der Waals surface area (Å²) in [6, 6.07) is 0. The lowest BCUT2D eigenvalue weighted by molar-refractivity contribution is 0.725. The lowest BCUT2D eigenvalue weighted by Gasteiger charge is -2.20. The van der Waals surface area contributed by atoms with Crippen molar-refractivity contribution in [2.24, 2.45) is 5.73 Å². The average molecular weight is 153 g/mol. The van der Waals surface area contributed by atoms with Gasteiger partial charge in [-0.1, -0.05) is 0 Å². The highest BCUT2D eigenvalue weighted by Crippen LogP contribution is 1.88. The summed E-state index contributed by atoms with van der Waals surface area (Å²) in [5, 5.41) is 8.77. The Morgan fingerprint density at radius 3 is 2.91 bits per heavy atom. The quantitative estimate of drug-likeness (QED) is 0.454. The Labute approximate surface area is 64.9 Å². The van der Waals surface area contributed by atoms with Crippen LogP contribution in [0, 0.1) is 5.41 Å². The fourth-order valence-corrected chi connectivity index (χ4v) is 0.853. The molecule has 0 atom stereocenters. The predicted molar refractivity (Wildman–Crippen MR) is 42.9 cm³/mol. The van der Waals surface area contributed by atoms with Crippen molar-refractivity contribution in [3.05, 3.63) is 18.7 Å². The Hall–Kier alpha value is -1.52. The zero-order valence-corrected chi connectivity index (χ0v) is 6.36. The maximum atomic E-state index is 7.18. The van der Waals surface area contributed by atoms with Crippen LogP contribution in [0.15, 0.2) is 18.7 Å². The van der Waals surface area contributed by atoms with E-state index in [1.807, 2.05) is 6.92 Å². The first-order chi connectivity index (χ1) is 5.25. The van der Waals surface area contributed by atoms with Crippen molar-refractivity contribution in [1.29, 1.82) is 5.41 Å². The van der Waals surface area contributed by atoms with Crippen molar-refractivity contribution in [2.45, 2.75) is 6.92 Å². The molecule has 0 bridgehead atoms. The van der Waals surface area contributed by atoms with E-state index in [9.17, 15) is 0 Å². The summed E-state index contributed by atoms with van der Waals surface area (Å²) in [6.45, 7) is 2.58. The van der Waals surface area contributed by atoms with Gasteiger partial charge in [0.2, 0.25) is 5.96 Å². The van der Waals surface area contributed by atoms with Gasteiger partial charge in [0.15, 0.2) is 0 Å². The van der Waals surface area contributed by atoms with Gasteiger partial charge >= 0.3 is 0 Å². The highest BCUT2D eigenvalue weighted by atomic mass is 15.6. The molecule has 1 rings (SSSR count). The van der Waals surface area contributed by atoms with E-state index < -0.39 is 0 Å². The second kappa shape index (κ2) is 3.05. The van der Waals surface area contributed by atoms with Crippen molar-refractivity contribution in [3.63, 3.8) is 0 Å². The molecule has 1 aromatic heterocycles. The second-order valence-corrected chi connectivity index (χ2v) is 2.04. The summed E-state index contributed by atoms with van der Waals surface area (Å²) in [6.07, 6.45) is 4.99. The van der Waals surface area contributed by atoms with Crippen LogP contribution in [0.25, 0.3) is 0 Å². The number of aromatic nitrogens is 2. The van der Waals surface area contributed by atoms with Crippen LogP contribution in [-0.2, 0) is 0 Å². The highest BCUT2D eigenvalue weighted by molar-refractivity contribution is 5.84. The molecule has 0 radical (unpaired) electrons. The van der Waals surface area contributed by atoms with Gasteiger partial charge in [-0.05, 0) is 6.92 Å². The third-order valence-electron chi connectivity index (χ3n) is 1.35. The van der Waals surface area contributed by atoms with E-state index >= 15 is 0 Å². The number of guanidine groups is 1. The molecular formula is C6H11N5. The summed E-state index contributed by atoms with van der Waals surface area (Å²) in [7, 11) is 0. The first-order valence-electron chi connectivity index (χ1n) is 3.35. The first-order valence-corrected chi connectivity index (χ1v) is 3.35. The number of nitrogens with zero attached hydrogens (tertiary/aromatic N) is 3. The number of imidazole rings is 1. The molecule has 0 aliphatic heterocycles. The van der Waals surface area contributed by atoms with Crippen LogP contribution in [0.4, 0.5) is 0 Å². The van der Waals surface area contributed by atoms with E-state index in [0.29, 0.717) is 6.54 Å². The van der Waals surface area contributed by atoms with Crippen LogP contribution in [0.5, 0.6) is 0 Å². The van der Waals surface area contributed by atoms with E-state index in [-0.39, 0.29) is 5.96 Å². The molecule has 0 amide bonds. The standard InChI is InChI=1S/C6H11N5/c1-2-11(6(7)8)10-4-3-9-5-10/h3-5H,2H2,1H3,(H3,7,8). The number of rotatable bonds is 2. The molecule has 1 heterocycles. The maximum absolute atomic E-state index is 7.18. The smallest absolute Gasteiger partial charge is 0.207 e. The number of nitrogens with one attached hydrogen (secondary N) is 1. The minimum atomic E-state index is 0.0190. The minimum absolute atomic E-state index is 0.0190. The van der Waals surface area contributed by atoms with Gasteiger partial charge in [0.1, 0.15) is 6.33 Å².